The fourth-order valence-corrected chi connectivity index (χ4v) is 6.56. The van der Waals surface area contributed by atoms with E-state index in [0.717, 1.165) is 28.8 Å². The van der Waals surface area contributed by atoms with Crippen molar-refractivity contribution in [3.05, 3.63) is 65.2 Å². The number of carbonyl (C=O) groups excluding carboxylic acids is 5. The Morgan fingerprint density at radius 3 is 2.02 bits per heavy atom. The van der Waals surface area contributed by atoms with Gasteiger partial charge in [0.05, 0.1) is 89.1 Å². The quantitative estimate of drug-likeness (QED) is 0.0412. The third-order valence-corrected chi connectivity index (χ3v) is 9.75. The van der Waals surface area contributed by atoms with Crippen LogP contribution in [0.1, 0.15) is 82.9 Å². The van der Waals surface area contributed by atoms with Crippen molar-refractivity contribution >= 4 is 46.6 Å². The van der Waals surface area contributed by atoms with Gasteiger partial charge in [0, 0.05) is 36.9 Å². The molecule has 0 saturated carbocycles. The molecular weight excluding hydrogens is 773 g/mol. The Morgan fingerprint density at radius 2 is 1.40 bits per heavy atom. The van der Waals surface area contributed by atoms with E-state index in [-0.39, 0.29) is 56.1 Å². The molecule has 0 aliphatic carbocycles. The number of nitrogens with two attached hydrogens (primary N) is 3. The van der Waals surface area contributed by atoms with Crippen LogP contribution in [-0.2, 0) is 44.7 Å². The number of ketones is 1. The van der Waals surface area contributed by atoms with Crippen LogP contribution in [0.4, 0.5) is 10.5 Å². The monoisotopic (exact) mass is 838 g/mol. The highest BCUT2D eigenvalue weighted by Crippen LogP contribution is 2.37. The Balaban J connectivity index is 1.31. The van der Waals surface area contributed by atoms with Crippen LogP contribution in [0.5, 0.6) is 0 Å². The maximum absolute atomic E-state index is 13.3. The zero-order chi connectivity index (χ0) is 43.9. The number of fused-ring (bicyclic) bond motifs is 2. The summed E-state index contributed by atoms with van der Waals surface area (Å²) in [6.45, 7) is 10.8. The summed E-state index contributed by atoms with van der Waals surface area (Å²) in [7, 11) is 0. The summed E-state index contributed by atoms with van der Waals surface area (Å²) in [6.07, 6.45) is 2.22. The Kier molecular flexibility index (Phi) is 22.1. The minimum Gasteiger partial charge on any atom is -0.396 e. The van der Waals surface area contributed by atoms with Gasteiger partial charge in [-0.2, -0.15) is 0 Å². The van der Waals surface area contributed by atoms with E-state index in [2.05, 4.69) is 16.0 Å². The van der Waals surface area contributed by atoms with Gasteiger partial charge in [0.15, 0.2) is 5.78 Å². The average molecular weight is 839 g/mol. The summed E-state index contributed by atoms with van der Waals surface area (Å²) in [4.78, 5) is 64.1. The van der Waals surface area contributed by atoms with Crippen LogP contribution in [0, 0.1) is 5.92 Å². The van der Waals surface area contributed by atoms with E-state index in [4.69, 9.17) is 36.3 Å². The smallest absolute Gasteiger partial charge is 0.312 e. The Bertz CT molecular complexity index is 1720. The lowest BCUT2D eigenvalue weighted by Crippen LogP contribution is -2.53. The molecule has 1 aliphatic rings. The number of para-hydroxylation sites is 1. The Hall–Kier alpha value is -5.07. The first-order chi connectivity index (χ1) is 28.9. The third-order valence-electron chi connectivity index (χ3n) is 9.75. The number of urea groups is 1. The van der Waals surface area contributed by atoms with Crippen LogP contribution < -0.4 is 38.2 Å². The van der Waals surface area contributed by atoms with Gasteiger partial charge in [-0.15, -0.1) is 0 Å². The number of primary amides is 1. The van der Waals surface area contributed by atoms with Crippen molar-refractivity contribution < 1.29 is 42.9 Å². The summed E-state index contributed by atoms with van der Waals surface area (Å²) in [5, 5.41) is 9.55. The number of nitrogens with one attached hydrogen (secondary N) is 3. The fraction of sp³-hybridized carbons (Fsp3) is 0.558. The molecule has 2 unspecified atom stereocenters. The van der Waals surface area contributed by atoms with Crippen molar-refractivity contribution in [2.45, 2.75) is 84.8 Å². The van der Waals surface area contributed by atoms with E-state index in [9.17, 15) is 24.0 Å². The molecule has 2 aromatic carbocycles. The van der Waals surface area contributed by atoms with Crippen molar-refractivity contribution in [2.24, 2.45) is 23.2 Å². The minimum atomic E-state index is -0.835. The van der Waals surface area contributed by atoms with Crippen LogP contribution in [0.15, 0.2) is 48.5 Å². The van der Waals surface area contributed by atoms with Gasteiger partial charge in [0.2, 0.25) is 17.7 Å². The van der Waals surface area contributed by atoms with Gasteiger partial charge in [-0.25, -0.2) is 10.6 Å². The van der Waals surface area contributed by atoms with Gasteiger partial charge in [-0.05, 0) is 36.8 Å². The van der Waals surface area contributed by atoms with E-state index in [1.807, 2.05) is 60.4 Å². The first-order valence-corrected chi connectivity index (χ1v) is 20.9. The number of anilines is 1. The zero-order valence-corrected chi connectivity index (χ0v) is 35.7. The number of carbonyl (C=O) groups is 5. The van der Waals surface area contributed by atoms with Crippen LogP contribution in [0.25, 0.3) is 11.4 Å². The zero-order valence-electron chi connectivity index (χ0n) is 35.7. The highest BCUT2D eigenvalue weighted by Gasteiger charge is 2.29. The number of hydrogen-bond donors (Lipinski definition) is 6. The van der Waals surface area contributed by atoms with Crippen molar-refractivity contribution in [3.63, 3.8) is 0 Å². The molecule has 0 fully saturated rings. The molecule has 0 saturated heterocycles. The molecule has 0 spiro atoms. The molecular formula is C43H66N8O9. The van der Waals surface area contributed by atoms with Crippen molar-refractivity contribution in [3.8, 4) is 0 Å². The lowest BCUT2D eigenvalue weighted by Gasteiger charge is -2.33. The van der Waals surface area contributed by atoms with E-state index in [1.54, 1.807) is 25.8 Å². The van der Waals surface area contributed by atoms with Gasteiger partial charge >= 0.3 is 6.03 Å². The SMILES string of the molecule is CCCC(=O)N1Cc2ccccc2/C(N)=C(/N(N)CCOCCOCCOCCOCCC(=O)NC(C(=O)NC(CCCNC(N)=O)C(=O)CC)C(C)C)c2ccccc21. The highest BCUT2D eigenvalue weighted by atomic mass is 16.6. The molecule has 60 heavy (non-hydrogen) atoms. The maximum atomic E-state index is 13.3. The average Bonchev–Trinajstić information content (AvgIpc) is 3.22. The van der Waals surface area contributed by atoms with Gasteiger partial charge in [-0.1, -0.05) is 70.2 Å². The number of Topliss-reactive ketones (excluding diaryl/α,β-unsaturated/α-hetero) is 1. The van der Waals surface area contributed by atoms with E-state index in [1.165, 1.54) is 0 Å². The second-order valence-electron chi connectivity index (χ2n) is 14.7. The number of amides is 5. The summed E-state index contributed by atoms with van der Waals surface area (Å²) in [6, 6.07) is 13.2. The van der Waals surface area contributed by atoms with E-state index in [0.29, 0.717) is 83.4 Å². The summed E-state index contributed by atoms with van der Waals surface area (Å²) < 4.78 is 22.5. The number of hydrogen-bond acceptors (Lipinski definition) is 12. The number of rotatable bonds is 28. The van der Waals surface area contributed by atoms with Gasteiger partial charge in [-0.3, -0.25) is 19.2 Å². The molecule has 5 amide bonds. The first kappa shape index (κ1) is 49.3. The summed E-state index contributed by atoms with van der Waals surface area (Å²) >= 11 is 0. The maximum Gasteiger partial charge on any atom is 0.312 e. The Labute approximate surface area is 354 Å². The number of benzene rings is 2. The standard InChI is InChI=1S/C43H66N8O9/c1-5-12-38(54)50-29-31-13-7-8-14-32(31)39(44)41(33-15-9-10-17-35(33)50)51(46)20-22-58-24-26-60-28-27-59-25-23-57-21-18-37(53)49-40(30(3)4)42(55)48-34(36(52)6-2)16-11-19-47-43(45)56/h7-10,13-15,17,30,34,40H,5-6,11-12,16,18-29,44,46H2,1-4H3,(H,48,55)(H,49,53)(H3,45,47,56)/b41-39-. The second kappa shape index (κ2) is 26.9. The van der Waals surface area contributed by atoms with Crippen molar-refractivity contribution in [1.82, 2.24) is 21.0 Å². The third kappa shape index (κ3) is 16.2. The fourth-order valence-electron chi connectivity index (χ4n) is 6.56. The molecule has 2 aromatic rings. The predicted molar refractivity (Wildman–Crippen MR) is 230 cm³/mol. The van der Waals surface area contributed by atoms with E-state index >= 15 is 0 Å². The lowest BCUT2D eigenvalue weighted by atomic mass is 9.95. The van der Waals surface area contributed by atoms with Crippen LogP contribution in [0.3, 0.4) is 0 Å². The van der Waals surface area contributed by atoms with Crippen molar-refractivity contribution in [2.75, 3.05) is 70.8 Å². The molecule has 0 bridgehead atoms. The molecule has 332 valence electrons. The molecule has 3 rings (SSSR count). The molecule has 1 heterocycles. The molecule has 17 nitrogen and oxygen atoms in total. The van der Waals surface area contributed by atoms with Crippen LogP contribution in [0.2, 0.25) is 0 Å². The van der Waals surface area contributed by atoms with Crippen molar-refractivity contribution in [1.29, 1.82) is 0 Å². The summed E-state index contributed by atoms with van der Waals surface area (Å²) in [5.74, 6) is 5.52. The van der Waals surface area contributed by atoms with E-state index < -0.39 is 24.0 Å². The normalized spacial score (nSPS) is 14.6. The largest absolute Gasteiger partial charge is 0.396 e. The molecule has 0 radical (unpaired) electrons. The molecule has 17 heteroatoms. The summed E-state index contributed by atoms with van der Waals surface area (Å²) in [5.41, 5.74) is 16.4. The van der Waals surface area contributed by atoms with Gasteiger partial charge < -0.3 is 56.3 Å². The first-order valence-electron chi connectivity index (χ1n) is 20.9. The highest BCUT2D eigenvalue weighted by molar-refractivity contribution is 6.01. The minimum absolute atomic E-state index is 0.0350. The van der Waals surface area contributed by atoms with Crippen LogP contribution in [-0.4, -0.2) is 113 Å². The Morgan fingerprint density at radius 1 is 0.800 bits per heavy atom. The molecule has 0 aromatic heterocycles. The predicted octanol–water partition coefficient (Wildman–Crippen LogP) is 2.80. The number of hydrazine groups is 1. The topological polar surface area (TPSA) is 243 Å². The lowest BCUT2D eigenvalue weighted by molar-refractivity contribution is -0.132. The molecule has 1 aliphatic heterocycles. The number of nitrogens with zero attached hydrogens (tertiary/aromatic N) is 2. The number of ether oxygens (including phenoxy) is 4. The van der Waals surface area contributed by atoms with Crippen LogP contribution >= 0.6 is 0 Å². The molecule has 2 atom stereocenters. The molecule has 9 N–H and O–H groups in total. The van der Waals surface area contributed by atoms with Gasteiger partial charge in [0.25, 0.3) is 0 Å². The van der Waals surface area contributed by atoms with Gasteiger partial charge in [0.1, 0.15) is 6.04 Å². The second-order valence-corrected chi connectivity index (χ2v) is 14.7.